The SMILES string of the molecule is O=C(COc1cccc2ccccc12)N1CCNCC1. The van der Waals surface area contributed by atoms with Gasteiger partial charge in [0.1, 0.15) is 5.75 Å². The van der Waals surface area contributed by atoms with E-state index in [9.17, 15) is 4.79 Å². The van der Waals surface area contributed by atoms with Crippen LogP contribution < -0.4 is 10.1 Å². The van der Waals surface area contributed by atoms with Crippen LogP contribution in [-0.4, -0.2) is 43.6 Å². The summed E-state index contributed by atoms with van der Waals surface area (Å²) >= 11 is 0. The maximum absolute atomic E-state index is 12.1. The summed E-state index contributed by atoms with van der Waals surface area (Å²) < 4.78 is 5.72. The molecule has 1 N–H and O–H groups in total. The van der Waals surface area contributed by atoms with E-state index in [2.05, 4.69) is 5.32 Å². The summed E-state index contributed by atoms with van der Waals surface area (Å²) in [4.78, 5) is 13.9. The lowest BCUT2D eigenvalue weighted by molar-refractivity contribution is -0.133. The molecule has 2 aromatic carbocycles. The molecule has 3 rings (SSSR count). The first kappa shape index (κ1) is 12.9. The average Bonchev–Trinajstić information content (AvgIpc) is 2.53. The highest BCUT2D eigenvalue weighted by molar-refractivity contribution is 5.88. The highest BCUT2D eigenvalue weighted by atomic mass is 16.5. The van der Waals surface area contributed by atoms with Crippen molar-refractivity contribution in [1.29, 1.82) is 0 Å². The summed E-state index contributed by atoms with van der Waals surface area (Å²) in [5, 5.41) is 5.40. The quantitative estimate of drug-likeness (QED) is 0.922. The minimum Gasteiger partial charge on any atom is -0.483 e. The van der Waals surface area contributed by atoms with Gasteiger partial charge in [0, 0.05) is 31.6 Å². The van der Waals surface area contributed by atoms with Crippen LogP contribution >= 0.6 is 0 Å². The molecule has 4 nitrogen and oxygen atoms in total. The molecule has 0 saturated carbocycles. The molecule has 20 heavy (non-hydrogen) atoms. The largest absolute Gasteiger partial charge is 0.483 e. The van der Waals surface area contributed by atoms with E-state index in [-0.39, 0.29) is 12.5 Å². The summed E-state index contributed by atoms with van der Waals surface area (Å²) in [6.45, 7) is 3.35. The number of hydrogen-bond acceptors (Lipinski definition) is 3. The van der Waals surface area contributed by atoms with Gasteiger partial charge in [-0.2, -0.15) is 0 Å². The molecule has 4 heteroatoms. The summed E-state index contributed by atoms with van der Waals surface area (Å²) in [6.07, 6.45) is 0. The normalized spacial score (nSPS) is 15.3. The molecular formula is C16H18N2O2. The zero-order valence-electron chi connectivity index (χ0n) is 11.3. The van der Waals surface area contributed by atoms with Crippen molar-refractivity contribution in [3.05, 3.63) is 42.5 Å². The molecule has 1 fully saturated rings. The highest BCUT2D eigenvalue weighted by Gasteiger charge is 2.16. The fourth-order valence-electron chi connectivity index (χ4n) is 2.47. The van der Waals surface area contributed by atoms with Crippen LogP contribution in [0.2, 0.25) is 0 Å². The summed E-state index contributed by atoms with van der Waals surface area (Å²) in [5.74, 6) is 0.825. The smallest absolute Gasteiger partial charge is 0.260 e. The fraction of sp³-hybridized carbons (Fsp3) is 0.312. The Hall–Kier alpha value is -2.07. The lowest BCUT2D eigenvalue weighted by Gasteiger charge is -2.27. The minimum absolute atomic E-state index is 0.0550. The second-order valence-corrected chi connectivity index (χ2v) is 4.90. The molecule has 2 aromatic rings. The lowest BCUT2D eigenvalue weighted by Crippen LogP contribution is -2.47. The van der Waals surface area contributed by atoms with Gasteiger partial charge >= 0.3 is 0 Å². The molecule has 0 spiro atoms. The second kappa shape index (κ2) is 5.92. The van der Waals surface area contributed by atoms with Gasteiger partial charge in [0.05, 0.1) is 0 Å². The van der Waals surface area contributed by atoms with Crippen molar-refractivity contribution < 1.29 is 9.53 Å². The van der Waals surface area contributed by atoms with E-state index < -0.39 is 0 Å². The molecule has 0 bridgehead atoms. The Kier molecular flexibility index (Phi) is 3.83. The van der Waals surface area contributed by atoms with Gasteiger partial charge in [-0.15, -0.1) is 0 Å². The van der Waals surface area contributed by atoms with Crippen LogP contribution in [0.15, 0.2) is 42.5 Å². The van der Waals surface area contributed by atoms with Gasteiger partial charge in [-0.25, -0.2) is 0 Å². The fourth-order valence-corrected chi connectivity index (χ4v) is 2.47. The molecular weight excluding hydrogens is 252 g/mol. The Morgan fingerprint density at radius 1 is 1.10 bits per heavy atom. The Bertz CT molecular complexity index is 601. The van der Waals surface area contributed by atoms with Crippen molar-refractivity contribution in [2.75, 3.05) is 32.8 Å². The van der Waals surface area contributed by atoms with Gasteiger partial charge in [0.25, 0.3) is 5.91 Å². The molecule has 1 saturated heterocycles. The number of rotatable bonds is 3. The monoisotopic (exact) mass is 270 g/mol. The second-order valence-electron chi connectivity index (χ2n) is 4.90. The van der Waals surface area contributed by atoms with Gasteiger partial charge in [-0.1, -0.05) is 36.4 Å². The minimum atomic E-state index is 0.0550. The van der Waals surface area contributed by atoms with E-state index in [0.717, 1.165) is 42.7 Å². The van der Waals surface area contributed by atoms with Crippen LogP contribution in [0.1, 0.15) is 0 Å². The van der Waals surface area contributed by atoms with Gasteiger partial charge < -0.3 is 15.0 Å². The number of ether oxygens (including phenoxy) is 1. The van der Waals surface area contributed by atoms with E-state index in [4.69, 9.17) is 4.74 Å². The van der Waals surface area contributed by atoms with Gasteiger partial charge in [-0.05, 0) is 11.5 Å². The molecule has 0 atom stereocenters. The van der Waals surface area contributed by atoms with E-state index in [1.54, 1.807) is 0 Å². The van der Waals surface area contributed by atoms with Crippen LogP contribution in [-0.2, 0) is 4.79 Å². The van der Waals surface area contributed by atoms with Gasteiger partial charge in [-0.3, -0.25) is 4.79 Å². The van der Waals surface area contributed by atoms with E-state index >= 15 is 0 Å². The third-order valence-electron chi connectivity index (χ3n) is 3.57. The number of carbonyl (C=O) groups is 1. The average molecular weight is 270 g/mol. The number of nitrogens with one attached hydrogen (secondary N) is 1. The molecule has 104 valence electrons. The summed E-state index contributed by atoms with van der Waals surface area (Å²) in [5.41, 5.74) is 0. The molecule has 1 aliphatic rings. The summed E-state index contributed by atoms with van der Waals surface area (Å²) in [6, 6.07) is 13.9. The number of nitrogens with zero attached hydrogens (tertiary/aromatic N) is 1. The maximum atomic E-state index is 12.1. The zero-order valence-corrected chi connectivity index (χ0v) is 11.3. The lowest BCUT2D eigenvalue weighted by atomic mass is 10.1. The standard InChI is InChI=1S/C16H18N2O2/c19-16(18-10-8-17-9-11-18)12-20-15-7-3-5-13-4-1-2-6-14(13)15/h1-7,17H,8-12H2. The van der Waals surface area contributed by atoms with Crippen molar-refractivity contribution in [2.45, 2.75) is 0 Å². The summed E-state index contributed by atoms with van der Waals surface area (Å²) in [7, 11) is 0. The number of piperazine rings is 1. The van der Waals surface area contributed by atoms with Crippen molar-refractivity contribution >= 4 is 16.7 Å². The number of fused-ring (bicyclic) bond motifs is 1. The van der Waals surface area contributed by atoms with Crippen LogP contribution in [0.4, 0.5) is 0 Å². The topological polar surface area (TPSA) is 41.6 Å². The third-order valence-corrected chi connectivity index (χ3v) is 3.57. The Balaban J connectivity index is 1.69. The molecule has 0 aliphatic carbocycles. The molecule has 0 aromatic heterocycles. The first-order valence-corrected chi connectivity index (χ1v) is 6.94. The van der Waals surface area contributed by atoms with Crippen molar-refractivity contribution in [3.63, 3.8) is 0 Å². The first-order valence-electron chi connectivity index (χ1n) is 6.94. The Labute approximate surface area is 118 Å². The van der Waals surface area contributed by atoms with Crippen molar-refractivity contribution in [2.24, 2.45) is 0 Å². The molecule has 1 aliphatic heterocycles. The van der Waals surface area contributed by atoms with E-state index in [1.165, 1.54) is 0 Å². The number of benzene rings is 2. The number of carbonyl (C=O) groups excluding carboxylic acids is 1. The van der Waals surface area contributed by atoms with Gasteiger partial charge in [0.15, 0.2) is 6.61 Å². The Morgan fingerprint density at radius 3 is 2.70 bits per heavy atom. The van der Waals surface area contributed by atoms with Crippen LogP contribution in [0.25, 0.3) is 10.8 Å². The third kappa shape index (κ3) is 2.75. The van der Waals surface area contributed by atoms with Gasteiger partial charge in [0.2, 0.25) is 0 Å². The zero-order chi connectivity index (χ0) is 13.8. The van der Waals surface area contributed by atoms with E-state index in [0.29, 0.717) is 0 Å². The maximum Gasteiger partial charge on any atom is 0.260 e. The highest BCUT2D eigenvalue weighted by Crippen LogP contribution is 2.25. The van der Waals surface area contributed by atoms with Crippen molar-refractivity contribution in [3.8, 4) is 5.75 Å². The molecule has 0 radical (unpaired) electrons. The molecule has 0 unspecified atom stereocenters. The molecule has 1 heterocycles. The predicted molar refractivity (Wildman–Crippen MR) is 78.9 cm³/mol. The number of amides is 1. The molecule has 1 amide bonds. The Morgan fingerprint density at radius 2 is 1.85 bits per heavy atom. The van der Waals surface area contributed by atoms with Crippen LogP contribution in [0, 0.1) is 0 Å². The van der Waals surface area contributed by atoms with Crippen LogP contribution in [0.3, 0.4) is 0 Å². The van der Waals surface area contributed by atoms with Crippen LogP contribution in [0.5, 0.6) is 5.75 Å². The predicted octanol–water partition coefficient (Wildman–Crippen LogP) is 1.65. The first-order chi connectivity index (χ1) is 9.84. The van der Waals surface area contributed by atoms with E-state index in [1.807, 2.05) is 47.4 Å². The number of hydrogen-bond donors (Lipinski definition) is 1. The van der Waals surface area contributed by atoms with Crippen molar-refractivity contribution in [1.82, 2.24) is 10.2 Å².